The van der Waals surface area contributed by atoms with E-state index in [1.807, 2.05) is 36.4 Å². The van der Waals surface area contributed by atoms with E-state index in [-0.39, 0.29) is 6.61 Å². The van der Waals surface area contributed by atoms with Crippen molar-refractivity contribution in [1.82, 2.24) is 20.3 Å². The Balaban J connectivity index is 1.34. The van der Waals surface area contributed by atoms with Crippen LogP contribution in [0.15, 0.2) is 62.7 Å². The standard InChI is InChI=1S/C19H15ClN4O4S/c1-25-14-8-4-2-6-12(14)18-21-17(28-24-18)11-29-19-23-22-16(27-19)10-26-15-9-5-3-7-13(15)20/h2-9H,10-11H2,1H3. The predicted molar refractivity (Wildman–Crippen MR) is 106 cm³/mol. The number of thioether (sulfide) groups is 1. The maximum atomic E-state index is 6.05. The molecule has 0 saturated heterocycles. The molecule has 0 unspecified atom stereocenters. The molecule has 2 aromatic heterocycles. The molecule has 0 radical (unpaired) electrons. The maximum Gasteiger partial charge on any atom is 0.277 e. The van der Waals surface area contributed by atoms with Crippen LogP contribution in [-0.2, 0) is 12.4 Å². The Bertz CT molecular complexity index is 1100. The molecule has 0 N–H and O–H groups in total. The molecule has 0 aliphatic carbocycles. The second kappa shape index (κ2) is 8.97. The molecule has 0 bridgehead atoms. The van der Waals surface area contributed by atoms with Crippen molar-refractivity contribution in [1.29, 1.82) is 0 Å². The molecule has 2 aromatic carbocycles. The van der Waals surface area contributed by atoms with Gasteiger partial charge in [0.05, 0.1) is 23.4 Å². The predicted octanol–water partition coefficient (Wildman–Crippen LogP) is 4.65. The van der Waals surface area contributed by atoms with Gasteiger partial charge < -0.3 is 18.4 Å². The first-order valence-electron chi connectivity index (χ1n) is 8.51. The van der Waals surface area contributed by atoms with Gasteiger partial charge in [-0.15, -0.1) is 10.2 Å². The van der Waals surface area contributed by atoms with Gasteiger partial charge in [-0.1, -0.05) is 52.8 Å². The molecule has 10 heteroatoms. The third-order valence-electron chi connectivity index (χ3n) is 3.77. The van der Waals surface area contributed by atoms with Crippen LogP contribution in [0.5, 0.6) is 11.5 Å². The Morgan fingerprint density at radius 1 is 1.00 bits per heavy atom. The Kier molecular flexibility index (Phi) is 5.97. The number of nitrogens with zero attached hydrogens (tertiary/aromatic N) is 4. The summed E-state index contributed by atoms with van der Waals surface area (Å²) in [4.78, 5) is 4.39. The summed E-state index contributed by atoms with van der Waals surface area (Å²) in [6, 6.07) is 14.6. The summed E-state index contributed by atoms with van der Waals surface area (Å²) in [5, 5.41) is 12.8. The minimum Gasteiger partial charge on any atom is -0.496 e. The number of ether oxygens (including phenoxy) is 2. The molecule has 0 aliphatic rings. The highest BCUT2D eigenvalue weighted by atomic mass is 35.5. The summed E-state index contributed by atoms with van der Waals surface area (Å²) >= 11 is 7.34. The van der Waals surface area contributed by atoms with Gasteiger partial charge in [0.25, 0.3) is 11.1 Å². The van der Waals surface area contributed by atoms with Gasteiger partial charge in [-0.05, 0) is 24.3 Å². The lowest BCUT2D eigenvalue weighted by Gasteiger charge is -2.04. The summed E-state index contributed by atoms with van der Waals surface area (Å²) in [7, 11) is 1.60. The van der Waals surface area contributed by atoms with Gasteiger partial charge in [0.15, 0.2) is 6.61 Å². The molecule has 0 spiro atoms. The number of halogens is 1. The molecule has 148 valence electrons. The van der Waals surface area contributed by atoms with Crippen LogP contribution in [0.3, 0.4) is 0 Å². The molecule has 4 aromatic rings. The second-order valence-electron chi connectivity index (χ2n) is 5.68. The van der Waals surface area contributed by atoms with Crippen LogP contribution >= 0.6 is 23.4 Å². The summed E-state index contributed by atoms with van der Waals surface area (Å²) in [5.41, 5.74) is 0.756. The fourth-order valence-electron chi connectivity index (χ4n) is 2.43. The third kappa shape index (κ3) is 4.69. The average Bonchev–Trinajstić information content (AvgIpc) is 3.41. The Labute approximate surface area is 175 Å². The van der Waals surface area contributed by atoms with E-state index in [2.05, 4.69) is 20.3 Å². The third-order valence-corrected chi connectivity index (χ3v) is 4.89. The summed E-state index contributed by atoms with van der Waals surface area (Å²) in [5.74, 6) is 2.84. The van der Waals surface area contributed by atoms with Gasteiger partial charge in [0.2, 0.25) is 11.7 Å². The van der Waals surface area contributed by atoms with E-state index in [0.717, 1.165) is 5.56 Å². The van der Waals surface area contributed by atoms with Crippen molar-refractivity contribution >= 4 is 23.4 Å². The van der Waals surface area contributed by atoms with Crippen LogP contribution in [0, 0.1) is 0 Å². The largest absolute Gasteiger partial charge is 0.496 e. The normalized spacial score (nSPS) is 10.8. The summed E-state index contributed by atoms with van der Waals surface area (Å²) < 4.78 is 21.8. The first-order chi connectivity index (χ1) is 14.2. The Morgan fingerprint density at radius 2 is 1.79 bits per heavy atom. The van der Waals surface area contributed by atoms with Crippen molar-refractivity contribution in [3.8, 4) is 22.9 Å². The maximum absolute atomic E-state index is 6.05. The lowest BCUT2D eigenvalue weighted by molar-refractivity contribution is 0.252. The van der Waals surface area contributed by atoms with Gasteiger partial charge in [-0.25, -0.2) is 0 Å². The molecule has 4 rings (SSSR count). The number of hydrogen-bond acceptors (Lipinski definition) is 9. The molecule has 0 saturated carbocycles. The van der Waals surface area contributed by atoms with Crippen molar-refractivity contribution < 1.29 is 18.4 Å². The molecule has 0 atom stereocenters. The SMILES string of the molecule is COc1ccccc1-c1noc(CSc2nnc(COc3ccccc3Cl)o2)n1. The molecule has 29 heavy (non-hydrogen) atoms. The minimum atomic E-state index is 0.121. The van der Waals surface area contributed by atoms with Gasteiger partial charge in [0.1, 0.15) is 11.5 Å². The first kappa shape index (κ1) is 19.3. The fourth-order valence-corrected chi connectivity index (χ4v) is 3.24. The Morgan fingerprint density at radius 3 is 2.62 bits per heavy atom. The van der Waals surface area contributed by atoms with E-state index in [1.165, 1.54) is 11.8 Å². The molecule has 0 amide bonds. The van der Waals surface area contributed by atoms with Crippen LogP contribution in [0.25, 0.3) is 11.4 Å². The van der Waals surface area contributed by atoms with Crippen molar-refractivity contribution in [2.75, 3.05) is 7.11 Å². The summed E-state index contributed by atoms with van der Waals surface area (Å²) in [6.45, 7) is 0.121. The quantitative estimate of drug-likeness (QED) is 0.370. The van der Waals surface area contributed by atoms with Crippen LogP contribution in [0.1, 0.15) is 11.8 Å². The topological polar surface area (TPSA) is 96.3 Å². The van der Waals surface area contributed by atoms with Crippen molar-refractivity contribution in [3.63, 3.8) is 0 Å². The van der Waals surface area contributed by atoms with Crippen LogP contribution in [0.4, 0.5) is 0 Å². The van der Waals surface area contributed by atoms with Crippen LogP contribution in [-0.4, -0.2) is 27.4 Å². The zero-order valence-corrected chi connectivity index (χ0v) is 16.8. The molecule has 0 aliphatic heterocycles. The molecular formula is C19H15ClN4O4S. The number of methoxy groups -OCH3 is 1. The van der Waals surface area contributed by atoms with E-state index in [4.69, 9.17) is 30.0 Å². The summed E-state index contributed by atoms with van der Waals surface area (Å²) in [6.07, 6.45) is 0. The zero-order valence-electron chi connectivity index (χ0n) is 15.2. The fraction of sp³-hybridized carbons (Fsp3) is 0.158. The van der Waals surface area contributed by atoms with E-state index in [9.17, 15) is 0 Å². The lowest BCUT2D eigenvalue weighted by atomic mass is 10.2. The van der Waals surface area contributed by atoms with Gasteiger partial charge in [0, 0.05) is 0 Å². The number of hydrogen-bond donors (Lipinski definition) is 0. The highest BCUT2D eigenvalue weighted by Crippen LogP contribution is 2.29. The number of aromatic nitrogens is 4. The molecular weight excluding hydrogens is 416 g/mol. The van der Waals surface area contributed by atoms with Crippen LogP contribution in [0.2, 0.25) is 5.02 Å². The van der Waals surface area contributed by atoms with Gasteiger partial charge in [-0.2, -0.15) is 4.98 Å². The number of benzene rings is 2. The number of rotatable bonds is 8. The first-order valence-corrected chi connectivity index (χ1v) is 9.88. The minimum absolute atomic E-state index is 0.121. The zero-order chi connectivity index (χ0) is 20.1. The number of para-hydroxylation sites is 2. The molecule has 0 fully saturated rings. The van der Waals surface area contributed by atoms with E-state index >= 15 is 0 Å². The van der Waals surface area contributed by atoms with Crippen molar-refractivity contribution in [3.05, 3.63) is 65.3 Å². The Hall–Kier alpha value is -3.04. The molecule has 2 heterocycles. The lowest BCUT2D eigenvalue weighted by Crippen LogP contribution is -1.95. The van der Waals surface area contributed by atoms with Gasteiger partial charge in [-0.3, -0.25) is 0 Å². The van der Waals surface area contributed by atoms with E-state index in [1.54, 1.807) is 19.2 Å². The highest BCUT2D eigenvalue weighted by Gasteiger charge is 2.15. The van der Waals surface area contributed by atoms with Gasteiger partial charge >= 0.3 is 0 Å². The second-order valence-corrected chi connectivity index (χ2v) is 7.02. The monoisotopic (exact) mass is 430 g/mol. The van der Waals surface area contributed by atoms with E-state index in [0.29, 0.717) is 45.1 Å². The van der Waals surface area contributed by atoms with Crippen LogP contribution < -0.4 is 9.47 Å². The van der Waals surface area contributed by atoms with Crippen molar-refractivity contribution in [2.24, 2.45) is 0 Å². The average molecular weight is 431 g/mol. The van der Waals surface area contributed by atoms with E-state index < -0.39 is 0 Å². The smallest absolute Gasteiger partial charge is 0.277 e. The van der Waals surface area contributed by atoms with Crippen molar-refractivity contribution in [2.45, 2.75) is 17.6 Å². The molecule has 8 nitrogen and oxygen atoms in total. The highest BCUT2D eigenvalue weighted by molar-refractivity contribution is 7.98.